The molecular formula is C23H17NO2. The molecule has 0 bridgehead atoms. The quantitative estimate of drug-likeness (QED) is 0.472. The summed E-state index contributed by atoms with van der Waals surface area (Å²) >= 11 is 0. The van der Waals surface area contributed by atoms with E-state index in [1.165, 1.54) is 7.11 Å². The first-order valence-corrected chi connectivity index (χ1v) is 8.41. The van der Waals surface area contributed by atoms with E-state index < -0.39 is 0 Å². The summed E-state index contributed by atoms with van der Waals surface area (Å²) in [5.41, 5.74) is 3.88. The van der Waals surface area contributed by atoms with Crippen LogP contribution >= 0.6 is 0 Å². The van der Waals surface area contributed by atoms with Gasteiger partial charge in [-0.1, -0.05) is 84.9 Å². The first-order valence-electron chi connectivity index (χ1n) is 8.41. The predicted octanol–water partition coefficient (Wildman–Crippen LogP) is 5.36. The lowest BCUT2D eigenvalue weighted by molar-refractivity contribution is 0.0603. The van der Waals surface area contributed by atoms with E-state index in [4.69, 9.17) is 9.72 Å². The zero-order valence-electron chi connectivity index (χ0n) is 14.3. The van der Waals surface area contributed by atoms with Gasteiger partial charge in [-0.25, -0.2) is 9.78 Å². The van der Waals surface area contributed by atoms with E-state index in [1.54, 1.807) is 0 Å². The fraction of sp³-hybridized carbons (Fsp3) is 0.0435. The molecule has 0 aliphatic rings. The van der Waals surface area contributed by atoms with Crippen molar-refractivity contribution in [2.75, 3.05) is 7.11 Å². The van der Waals surface area contributed by atoms with Gasteiger partial charge < -0.3 is 4.74 Å². The van der Waals surface area contributed by atoms with E-state index >= 15 is 0 Å². The van der Waals surface area contributed by atoms with Gasteiger partial charge in [-0.05, 0) is 0 Å². The monoisotopic (exact) mass is 339 g/mol. The van der Waals surface area contributed by atoms with Crippen LogP contribution in [0, 0.1) is 0 Å². The van der Waals surface area contributed by atoms with E-state index in [0.717, 1.165) is 27.6 Å². The molecule has 4 rings (SSSR count). The summed E-state index contributed by atoms with van der Waals surface area (Å²) in [4.78, 5) is 17.5. The van der Waals surface area contributed by atoms with E-state index in [1.807, 2.05) is 84.9 Å². The Bertz CT molecular complexity index is 1070. The third-order valence-corrected chi connectivity index (χ3v) is 4.40. The van der Waals surface area contributed by atoms with Crippen LogP contribution in [0.25, 0.3) is 33.3 Å². The van der Waals surface area contributed by atoms with Gasteiger partial charge in [-0.3, -0.25) is 0 Å². The van der Waals surface area contributed by atoms with Crippen molar-refractivity contribution in [3.63, 3.8) is 0 Å². The maximum atomic E-state index is 12.6. The van der Waals surface area contributed by atoms with Gasteiger partial charge in [-0.2, -0.15) is 0 Å². The lowest BCUT2D eigenvalue weighted by atomic mass is 9.95. The summed E-state index contributed by atoms with van der Waals surface area (Å²) in [6, 6.07) is 27.6. The Kier molecular flexibility index (Phi) is 4.20. The van der Waals surface area contributed by atoms with Gasteiger partial charge in [0.05, 0.1) is 24.1 Å². The van der Waals surface area contributed by atoms with Crippen molar-refractivity contribution in [3.05, 3.63) is 90.5 Å². The van der Waals surface area contributed by atoms with Crippen LogP contribution in [-0.4, -0.2) is 18.1 Å². The molecule has 0 aliphatic heterocycles. The molecule has 0 saturated carbocycles. The molecule has 0 unspecified atom stereocenters. The molecule has 26 heavy (non-hydrogen) atoms. The van der Waals surface area contributed by atoms with Gasteiger partial charge in [0.1, 0.15) is 0 Å². The number of aromatic nitrogens is 1. The number of hydrogen-bond donors (Lipinski definition) is 0. The summed E-state index contributed by atoms with van der Waals surface area (Å²) < 4.78 is 5.07. The van der Waals surface area contributed by atoms with Crippen molar-refractivity contribution < 1.29 is 9.53 Å². The number of carbonyl (C=O) groups excluding carboxylic acids is 1. The molecule has 3 nitrogen and oxygen atoms in total. The van der Waals surface area contributed by atoms with Crippen LogP contribution in [0.5, 0.6) is 0 Å². The average Bonchev–Trinajstić information content (AvgIpc) is 2.73. The van der Waals surface area contributed by atoms with Crippen LogP contribution in [0.4, 0.5) is 0 Å². The Balaban J connectivity index is 2.13. The second kappa shape index (κ2) is 6.81. The van der Waals surface area contributed by atoms with Crippen LogP contribution in [0.2, 0.25) is 0 Å². The third kappa shape index (κ3) is 2.74. The molecule has 0 aliphatic carbocycles. The second-order valence-electron chi connectivity index (χ2n) is 5.95. The number of hydrogen-bond acceptors (Lipinski definition) is 3. The van der Waals surface area contributed by atoms with Crippen molar-refractivity contribution in [2.45, 2.75) is 0 Å². The summed E-state index contributed by atoms with van der Waals surface area (Å²) in [5, 5.41) is 1.77. The second-order valence-corrected chi connectivity index (χ2v) is 5.95. The molecule has 3 aromatic carbocycles. The molecule has 0 amide bonds. The van der Waals surface area contributed by atoms with Gasteiger partial charge in [0.2, 0.25) is 0 Å². The Morgan fingerprint density at radius 2 is 1.19 bits per heavy atom. The maximum Gasteiger partial charge on any atom is 0.340 e. The summed E-state index contributed by atoms with van der Waals surface area (Å²) in [7, 11) is 1.40. The number of rotatable bonds is 3. The Morgan fingerprint density at radius 3 is 1.77 bits per heavy atom. The van der Waals surface area contributed by atoms with Crippen LogP contribution < -0.4 is 0 Å². The first-order chi connectivity index (χ1) is 12.8. The van der Waals surface area contributed by atoms with Gasteiger partial charge >= 0.3 is 5.97 Å². The Hall–Kier alpha value is -3.46. The normalized spacial score (nSPS) is 10.7. The van der Waals surface area contributed by atoms with Crippen molar-refractivity contribution in [3.8, 4) is 22.5 Å². The highest BCUT2D eigenvalue weighted by Crippen LogP contribution is 2.35. The van der Waals surface area contributed by atoms with Crippen LogP contribution in [-0.2, 0) is 4.74 Å². The van der Waals surface area contributed by atoms with E-state index in [9.17, 15) is 4.79 Å². The average molecular weight is 339 g/mol. The molecule has 0 fully saturated rings. The molecule has 0 N–H and O–H groups in total. The highest BCUT2D eigenvalue weighted by atomic mass is 16.5. The number of pyridine rings is 1. The number of methoxy groups -OCH3 is 1. The minimum absolute atomic E-state index is 0.382. The van der Waals surface area contributed by atoms with Gasteiger partial charge in [0.15, 0.2) is 0 Å². The van der Waals surface area contributed by atoms with Crippen molar-refractivity contribution in [2.24, 2.45) is 0 Å². The molecule has 4 aromatic rings. The number of fused-ring (bicyclic) bond motifs is 1. The number of esters is 1. The molecule has 126 valence electrons. The van der Waals surface area contributed by atoms with Crippen LogP contribution in [0.15, 0.2) is 84.9 Å². The number of carbonyl (C=O) groups is 1. The zero-order valence-corrected chi connectivity index (χ0v) is 14.3. The number of nitrogens with zero attached hydrogens (tertiary/aromatic N) is 1. The molecule has 0 saturated heterocycles. The number of ether oxygens (including phenoxy) is 1. The third-order valence-electron chi connectivity index (χ3n) is 4.40. The largest absolute Gasteiger partial charge is 0.465 e. The molecule has 3 heteroatoms. The van der Waals surface area contributed by atoms with Gasteiger partial charge in [0.25, 0.3) is 0 Å². The number of benzene rings is 3. The van der Waals surface area contributed by atoms with Crippen molar-refractivity contribution >= 4 is 16.7 Å². The van der Waals surface area contributed by atoms with Gasteiger partial charge in [0, 0.05) is 21.9 Å². The Morgan fingerprint density at radius 1 is 0.692 bits per heavy atom. The highest BCUT2D eigenvalue weighted by molar-refractivity contribution is 6.12. The highest BCUT2D eigenvalue weighted by Gasteiger charge is 2.21. The molecule has 1 heterocycles. The summed E-state index contributed by atoms with van der Waals surface area (Å²) in [5.74, 6) is -0.382. The minimum Gasteiger partial charge on any atom is -0.465 e. The smallest absolute Gasteiger partial charge is 0.340 e. The molecule has 0 spiro atoms. The fourth-order valence-electron chi connectivity index (χ4n) is 3.19. The van der Waals surface area contributed by atoms with Gasteiger partial charge in [-0.15, -0.1) is 0 Å². The Labute approximate surface area is 151 Å². The van der Waals surface area contributed by atoms with Crippen LogP contribution in [0.3, 0.4) is 0 Å². The standard InChI is InChI=1S/C23H17NO2/c1-26-23(25)20-18-14-8-9-15-19(18)21(16-10-4-2-5-11-16)24-22(20)17-12-6-3-7-13-17/h2-15H,1H3. The lowest BCUT2D eigenvalue weighted by Gasteiger charge is -2.15. The summed E-state index contributed by atoms with van der Waals surface area (Å²) in [6.07, 6.45) is 0. The topological polar surface area (TPSA) is 39.2 Å². The molecule has 0 atom stereocenters. The van der Waals surface area contributed by atoms with Crippen molar-refractivity contribution in [1.29, 1.82) is 0 Å². The summed E-state index contributed by atoms with van der Waals surface area (Å²) in [6.45, 7) is 0. The lowest BCUT2D eigenvalue weighted by Crippen LogP contribution is -2.07. The molecular weight excluding hydrogens is 322 g/mol. The minimum atomic E-state index is -0.382. The SMILES string of the molecule is COC(=O)c1c(-c2ccccc2)nc(-c2ccccc2)c2ccccc12. The molecule has 1 aromatic heterocycles. The van der Waals surface area contributed by atoms with Crippen molar-refractivity contribution in [1.82, 2.24) is 4.98 Å². The molecule has 0 radical (unpaired) electrons. The van der Waals surface area contributed by atoms with E-state index in [2.05, 4.69) is 0 Å². The predicted molar refractivity (Wildman–Crippen MR) is 104 cm³/mol. The fourth-order valence-corrected chi connectivity index (χ4v) is 3.19. The van der Waals surface area contributed by atoms with E-state index in [-0.39, 0.29) is 5.97 Å². The zero-order chi connectivity index (χ0) is 17.9. The maximum absolute atomic E-state index is 12.6. The van der Waals surface area contributed by atoms with Crippen LogP contribution in [0.1, 0.15) is 10.4 Å². The first kappa shape index (κ1) is 16.0. The van der Waals surface area contributed by atoms with E-state index in [0.29, 0.717) is 11.3 Å².